The second-order valence-corrected chi connectivity index (χ2v) is 7.94. The number of H-pyrrole nitrogens is 1. The molecule has 0 fully saturated rings. The summed E-state index contributed by atoms with van der Waals surface area (Å²) in [5, 5.41) is 0.874. The standard InChI is InChI=1S/C28H28N2O6/c1-5-36-22-12-10-21(11-13-22)30(17-20-14-18-8-6-7-9-23(18)29-27(20)31)28(32)19-15-24(33-2)26(35-4)25(16-19)34-3/h6-16H,5,17H2,1-4H3,(H,29,31). The van der Waals surface area contributed by atoms with Gasteiger partial charge in [0.2, 0.25) is 5.75 Å². The maximum atomic E-state index is 13.9. The minimum atomic E-state index is -0.342. The van der Waals surface area contributed by atoms with Gasteiger partial charge >= 0.3 is 0 Å². The predicted octanol–water partition coefficient (Wildman–Crippen LogP) is 4.80. The highest BCUT2D eigenvalue weighted by molar-refractivity contribution is 6.07. The van der Waals surface area contributed by atoms with E-state index in [1.807, 2.05) is 31.2 Å². The molecule has 0 saturated heterocycles. The lowest BCUT2D eigenvalue weighted by Gasteiger charge is -2.24. The number of para-hydroxylation sites is 1. The van der Waals surface area contributed by atoms with Gasteiger partial charge in [-0.25, -0.2) is 0 Å². The molecule has 0 unspecified atom stereocenters. The molecule has 1 aromatic heterocycles. The molecule has 0 aliphatic heterocycles. The number of hydrogen-bond acceptors (Lipinski definition) is 6. The SMILES string of the molecule is CCOc1ccc(N(Cc2cc3ccccc3[nH]c2=O)C(=O)c2cc(OC)c(OC)c(OC)c2)cc1. The molecule has 0 radical (unpaired) electrons. The number of carbonyl (C=O) groups is 1. The van der Waals surface area contributed by atoms with Gasteiger partial charge in [-0.3, -0.25) is 9.59 Å². The molecule has 8 heteroatoms. The van der Waals surface area contributed by atoms with E-state index in [1.54, 1.807) is 42.5 Å². The van der Waals surface area contributed by atoms with Crippen molar-refractivity contribution in [1.82, 2.24) is 4.98 Å². The number of carbonyl (C=O) groups excluding carboxylic acids is 1. The fourth-order valence-electron chi connectivity index (χ4n) is 4.01. The number of pyridine rings is 1. The Balaban J connectivity index is 1.80. The van der Waals surface area contributed by atoms with Crippen LogP contribution in [0.1, 0.15) is 22.8 Å². The van der Waals surface area contributed by atoms with Gasteiger partial charge in [-0.05, 0) is 60.8 Å². The zero-order valence-electron chi connectivity index (χ0n) is 20.7. The maximum absolute atomic E-state index is 13.9. The predicted molar refractivity (Wildman–Crippen MR) is 139 cm³/mol. The molecular formula is C28H28N2O6. The second kappa shape index (κ2) is 10.9. The van der Waals surface area contributed by atoms with Crippen molar-refractivity contribution in [2.75, 3.05) is 32.8 Å². The van der Waals surface area contributed by atoms with E-state index in [9.17, 15) is 9.59 Å². The van der Waals surface area contributed by atoms with Crippen LogP contribution in [0.15, 0.2) is 71.5 Å². The van der Waals surface area contributed by atoms with Gasteiger partial charge in [0.05, 0.1) is 34.5 Å². The Morgan fingerprint density at radius 3 is 2.17 bits per heavy atom. The summed E-state index contributed by atoms with van der Waals surface area (Å²) >= 11 is 0. The van der Waals surface area contributed by atoms with Gasteiger partial charge in [0.25, 0.3) is 11.5 Å². The molecule has 36 heavy (non-hydrogen) atoms. The Hall–Kier alpha value is -4.46. The normalized spacial score (nSPS) is 10.7. The number of ether oxygens (including phenoxy) is 4. The fraction of sp³-hybridized carbons (Fsp3) is 0.214. The smallest absolute Gasteiger partial charge is 0.258 e. The van der Waals surface area contributed by atoms with Crippen LogP contribution in [-0.4, -0.2) is 38.8 Å². The van der Waals surface area contributed by atoms with Crippen LogP contribution in [0.3, 0.4) is 0 Å². The molecule has 186 valence electrons. The van der Waals surface area contributed by atoms with E-state index in [-0.39, 0.29) is 18.0 Å². The largest absolute Gasteiger partial charge is 0.494 e. The summed E-state index contributed by atoms with van der Waals surface area (Å²) in [4.78, 5) is 31.3. The number of aromatic amines is 1. The Kier molecular flexibility index (Phi) is 7.44. The van der Waals surface area contributed by atoms with Crippen molar-refractivity contribution in [2.45, 2.75) is 13.5 Å². The Morgan fingerprint density at radius 1 is 0.889 bits per heavy atom. The average Bonchev–Trinajstić information content (AvgIpc) is 2.91. The molecule has 0 saturated carbocycles. The van der Waals surface area contributed by atoms with Crippen molar-refractivity contribution in [3.8, 4) is 23.0 Å². The molecule has 4 aromatic rings. The number of hydrogen-bond donors (Lipinski definition) is 1. The van der Waals surface area contributed by atoms with Crippen LogP contribution in [0.25, 0.3) is 10.9 Å². The average molecular weight is 489 g/mol. The summed E-state index contributed by atoms with van der Waals surface area (Å²) in [5.74, 6) is 1.44. The van der Waals surface area contributed by atoms with E-state index in [0.717, 1.165) is 10.9 Å². The molecule has 0 aliphatic carbocycles. The van der Waals surface area contributed by atoms with Crippen molar-refractivity contribution < 1.29 is 23.7 Å². The number of nitrogens with zero attached hydrogens (tertiary/aromatic N) is 1. The van der Waals surface area contributed by atoms with Crippen LogP contribution in [0, 0.1) is 0 Å². The molecule has 4 rings (SSSR count). The molecule has 1 amide bonds. The van der Waals surface area contributed by atoms with Crippen molar-refractivity contribution in [2.24, 2.45) is 0 Å². The van der Waals surface area contributed by atoms with Gasteiger partial charge in [-0.15, -0.1) is 0 Å². The zero-order chi connectivity index (χ0) is 25.7. The van der Waals surface area contributed by atoms with Crippen molar-refractivity contribution in [3.05, 3.63) is 88.2 Å². The topological polar surface area (TPSA) is 90.1 Å². The highest BCUT2D eigenvalue weighted by atomic mass is 16.5. The summed E-state index contributed by atoms with van der Waals surface area (Å²) in [6.07, 6.45) is 0. The number of rotatable bonds is 9. The number of aromatic nitrogens is 1. The summed E-state index contributed by atoms with van der Waals surface area (Å²) in [7, 11) is 4.48. The maximum Gasteiger partial charge on any atom is 0.258 e. The molecule has 3 aromatic carbocycles. The minimum Gasteiger partial charge on any atom is -0.494 e. The third-order valence-corrected chi connectivity index (χ3v) is 5.78. The van der Waals surface area contributed by atoms with E-state index in [1.165, 1.54) is 26.2 Å². The van der Waals surface area contributed by atoms with E-state index in [4.69, 9.17) is 18.9 Å². The van der Waals surface area contributed by atoms with Crippen molar-refractivity contribution in [1.29, 1.82) is 0 Å². The van der Waals surface area contributed by atoms with Crippen LogP contribution in [0.2, 0.25) is 0 Å². The summed E-state index contributed by atoms with van der Waals surface area (Å²) in [5.41, 5.74) is 1.83. The summed E-state index contributed by atoms with van der Waals surface area (Å²) in [6.45, 7) is 2.48. The lowest BCUT2D eigenvalue weighted by molar-refractivity contribution is 0.0984. The molecule has 1 heterocycles. The molecule has 1 N–H and O–H groups in total. The first kappa shape index (κ1) is 24.7. The highest BCUT2D eigenvalue weighted by Gasteiger charge is 2.24. The number of benzene rings is 3. The van der Waals surface area contributed by atoms with Gasteiger partial charge in [0, 0.05) is 22.3 Å². The molecule has 8 nitrogen and oxygen atoms in total. The molecule has 0 aliphatic rings. The quantitative estimate of drug-likeness (QED) is 0.364. The van der Waals surface area contributed by atoms with Crippen LogP contribution in [0.5, 0.6) is 23.0 Å². The fourth-order valence-corrected chi connectivity index (χ4v) is 4.01. The number of nitrogens with one attached hydrogen (secondary N) is 1. The molecule has 0 spiro atoms. The molecular weight excluding hydrogens is 460 g/mol. The van der Waals surface area contributed by atoms with Gasteiger partial charge in [0.1, 0.15) is 5.75 Å². The highest BCUT2D eigenvalue weighted by Crippen LogP contribution is 2.39. The number of fused-ring (bicyclic) bond motifs is 1. The van der Waals surface area contributed by atoms with Crippen LogP contribution < -0.4 is 29.4 Å². The van der Waals surface area contributed by atoms with Gasteiger partial charge in [0.15, 0.2) is 11.5 Å². The van der Waals surface area contributed by atoms with Crippen molar-refractivity contribution >= 4 is 22.5 Å². The summed E-state index contributed by atoms with van der Waals surface area (Å²) < 4.78 is 21.8. The van der Waals surface area contributed by atoms with E-state index >= 15 is 0 Å². The third-order valence-electron chi connectivity index (χ3n) is 5.78. The van der Waals surface area contributed by atoms with E-state index in [2.05, 4.69) is 4.98 Å². The minimum absolute atomic E-state index is 0.0453. The zero-order valence-corrected chi connectivity index (χ0v) is 20.7. The Bertz CT molecular complexity index is 1400. The number of methoxy groups -OCH3 is 3. The Labute approximate surface area is 209 Å². The first-order valence-electron chi connectivity index (χ1n) is 11.4. The van der Waals surface area contributed by atoms with E-state index in [0.29, 0.717) is 46.4 Å². The number of amides is 1. The molecule has 0 atom stereocenters. The first-order valence-corrected chi connectivity index (χ1v) is 11.4. The van der Waals surface area contributed by atoms with Gasteiger partial charge in [-0.1, -0.05) is 18.2 Å². The lowest BCUT2D eigenvalue weighted by atomic mass is 10.1. The van der Waals surface area contributed by atoms with Crippen LogP contribution in [-0.2, 0) is 6.54 Å². The lowest BCUT2D eigenvalue weighted by Crippen LogP contribution is -2.33. The van der Waals surface area contributed by atoms with Crippen molar-refractivity contribution in [3.63, 3.8) is 0 Å². The summed E-state index contributed by atoms with van der Waals surface area (Å²) in [6, 6.07) is 19.7. The Morgan fingerprint density at radius 2 is 1.56 bits per heavy atom. The van der Waals surface area contributed by atoms with Crippen LogP contribution >= 0.6 is 0 Å². The monoisotopic (exact) mass is 488 g/mol. The second-order valence-electron chi connectivity index (χ2n) is 7.94. The number of anilines is 1. The third kappa shape index (κ3) is 4.98. The van der Waals surface area contributed by atoms with Gasteiger partial charge < -0.3 is 28.8 Å². The van der Waals surface area contributed by atoms with Crippen LogP contribution in [0.4, 0.5) is 5.69 Å². The van der Waals surface area contributed by atoms with Gasteiger partial charge in [-0.2, -0.15) is 0 Å². The van der Waals surface area contributed by atoms with E-state index < -0.39 is 0 Å². The molecule has 0 bridgehead atoms. The first-order chi connectivity index (χ1) is 17.5.